The van der Waals surface area contributed by atoms with Crippen LogP contribution in [0.15, 0.2) is 42.5 Å². The second-order valence-electron chi connectivity index (χ2n) is 6.31. The summed E-state index contributed by atoms with van der Waals surface area (Å²) in [6.45, 7) is 1.99. The van der Waals surface area contributed by atoms with E-state index in [2.05, 4.69) is 17.3 Å². The first-order valence-corrected chi connectivity index (χ1v) is 8.83. The van der Waals surface area contributed by atoms with E-state index in [1.807, 2.05) is 36.4 Å². The monoisotopic (exact) mass is 362 g/mol. The number of nitrogens with one attached hydrogen (secondary N) is 1. The number of rotatable bonds is 3. The van der Waals surface area contributed by atoms with Gasteiger partial charge in [0.2, 0.25) is 0 Å². The number of halogens is 2. The average molecular weight is 363 g/mol. The van der Waals surface area contributed by atoms with Crippen LogP contribution in [0.5, 0.6) is 0 Å². The summed E-state index contributed by atoms with van der Waals surface area (Å²) in [4.78, 5) is 14.8. The van der Waals surface area contributed by atoms with Gasteiger partial charge < -0.3 is 10.2 Å². The Morgan fingerprint density at radius 2 is 1.88 bits per heavy atom. The zero-order valence-corrected chi connectivity index (χ0v) is 15.1. The number of likely N-dealkylation sites (N-methyl/N-ethyl adjacent to an activating group) is 1. The molecular formula is C19H20Cl2N2O. The molecule has 1 amide bonds. The fraction of sp³-hybridized carbons (Fsp3) is 0.316. The first-order valence-electron chi connectivity index (χ1n) is 8.07. The molecule has 126 valence electrons. The third-order valence-corrected chi connectivity index (χ3v) is 4.72. The Labute approximate surface area is 152 Å². The summed E-state index contributed by atoms with van der Waals surface area (Å²) < 4.78 is 0. The van der Waals surface area contributed by atoms with Crippen LogP contribution >= 0.6 is 23.2 Å². The predicted octanol–water partition coefficient (Wildman–Crippen LogP) is 4.48. The molecule has 0 unspecified atom stereocenters. The highest BCUT2D eigenvalue weighted by Gasteiger charge is 2.19. The molecule has 1 heterocycles. The molecule has 0 spiro atoms. The maximum Gasteiger partial charge on any atom is 0.251 e. The third kappa shape index (κ3) is 4.29. The van der Waals surface area contributed by atoms with Gasteiger partial charge in [-0.05, 0) is 67.9 Å². The van der Waals surface area contributed by atoms with Crippen LogP contribution in [0.2, 0.25) is 10.0 Å². The minimum absolute atomic E-state index is 0.0368. The maximum atomic E-state index is 12.6. The van der Waals surface area contributed by atoms with Gasteiger partial charge in [-0.15, -0.1) is 0 Å². The van der Waals surface area contributed by atoms with E-state index in [9.17, 15) is 4.79 Å². The summed E-state index contributed by atoms with van der Waals surface area (Å²) in [5.74, 6) is -0.0368. The van der Waals surface area contributed by atoms with E-state index in [1.54, 1.807) is 6.07 Å². The highest BCUT2D eigenvalue weighted by Crippen LogP contribution is 2.27. The second-order valence-corrected chi connectivity index (χ2v) is 7.19. The van der Waals surface area contributed by atoms with Crippen LogP contribution in [-0.2, 0) is 0 Å². The lowest BCUT2D eigenvalue weighted by atomic mass is 10.0. The van der Waals surface area contributed by atoms with Crippen molar-refractivity contribution in [3.8, 4) is 11.1 Å². The van der Waals surface area contributed by atoms with Gasteiger partial charge in [0.05, 0.1) is 0 Å². The number of amides is 1. The second kappa shape index (κ2) is 7.56. The Kier molecular flexibility index (Phi) is 5.44. The molecule has 0 aromatic heterocycles. The van der Waals surface area contributed by atoms with Crippen LogP contribution in [0.1, 0.15) is 23.2 Å². The number of nitrogens with zero attached hydrogens (tertiary/aromatic N) is 1. The van der Waals surface area contributed by atoms with E-state index in [-0.39, 0.29) is 11.9 Å². The highest BCUT2D eigenvalue weighted by molar-refractivity contribution is 6.35. The van der Waals surface area contributed by atoms with Crippen LogP contribution in [0, 0.1) is 0 Å². The van der Waals surface area contributed by atoms with Gasteiger partial charge in [-0.3, -0.25) is 4.79 Å². The molecule has 1 aliphatic heterocycles. The maximum absolute atomic E-state index is 12.6. The molecule has 0 saturated carbocycles. The normalized spacial score (nSPS) is 18.4. The molecular weight excluding hydrogens is 343 g/mol. The zero-order valence-electron chi connectivity index (χ0n) is 13.6. The predicted molar refractivity (Wildman–Crippen MR) is 99.9 cm³/mol. The molecule has 2 aromatic rings. The lowest BCUT2D eigenvalue weighted by molar-refractivity contribution is 0.0912. The largest absolute Gasteiger partial charge is 0.348 e. The number of likely N-dealkylation sites (tertiary alicyclic amines) is 1. The third-order valence-electron chi connectivity index (χ3n) is 4.28. The van der Waals surface area contributed by atoms with Gasteiger partial charge in [0.15, 0.2) is 0 Å². The van der Waals surface area contributed by atoms with Crippen molar-refractivity contribution in [1.29, 1.82) is 0 Å². The van der Waals surface area contributed by atoms with Crippen LogP contribution in [-0.4, -0.2) is 37.0 Å². The van der Waals surface area contributed by atoms with Gasteiger partial charge in [-0.25, -0.2) is 0 Å². The topological polar surface area (TPSA) is 32.3 Å². The van der Waals surface area contributed by atoms with Crippen LogP contribution < -0.4 is 5.32 Å². The van der Waals surface area contributed by atoms with Crippen molar-refractivity contribution < 1.29 is 4.79 Å². The number of carbonyl (C=O) groups excluding carboxylic acids is 1. The van der Waals surface area contributed by atoms with Crippen molar-refractivity contribution in [2.45, 2.75) is 18.9 Å². The van der Waals surface area contributed by atoms with E-state index in [0.29, 0.717) is 15.6 Å². The van der Waals surface area contributed by atoms with Gasteiger partial charge in [0, 0.05) is 28.2 Å². The summed E-state index contributed by atoms with van der Waals surface area (Å²) >= 11 is 12.2. The van der Waals surface area contributed by atoms with Crippen molar-refractivity contribution in [3.63, 3.8) is 0 Å². The first kappa shape index (κ1) is 17.3. The standard InChI is InChI=1S/C19H20Cl2N2O/c1-23-7-3-6-18(12-23)22-19(24)14-5-2-4-13(8-14)15-9-16(20)11-17(21)10-15/h2,4-5,8-11,18H,3,6-7,12H2,1H3,(H,22,24)/t18-/m1/s1. The first-order chi connectivity index (χ1) is 11.5. The molecule has 3 nitrogen and oxygen atoms in total. The molecule has 1 N–H and O–H groups in total. The van der Waals surface area contributed by atoms with E-state index in [4.69, 9.17) is 23.2 Å². The Morgan fingerprint density at radius 1 is 1.12 bits per heavy atom. The molecule has 0 bridgehead atoms. The average Bonchev–Trinajstić information content (AvgIpc) is 2.54. The van der Waals surface area contributed by atoms with Crippen LogP contribution in [0.3, 0.4) is 0 Å². The lowest BCUT2D eigenvalue weighted by Gasteiger charge is -2.30. The fourth-order valence-electron chi connectivity index (χ4n) is 3.11. The summed E-state index contributed by atoms with van der Waals surface area (Å²) in [6.07, 6.45) is 2.14. The molecule has 1 saturated heterocycles. The van der Waals surface area contributed by atoms with Gasteiger partial charge in [-0.1, -0.05) is 35.3 Å². The molecule has 5 heteroatoms. The van der Waals surface area contributed by atoms with Crippen molar-refractivity contribution in [2.75, 3.05) is 20.1 Å². The fourth-order valence-corrected chi connectivity index (χ4v) is 3.64. The molecule has 0 radical (unpaired) electrons. The van der Waals surface area contributed by atoms with Gasteiger partial charge >= 0.3 is 0 Å². The highest BCUT2D eigenvalue weighted by atomic mass is 35.5. The molecule has 1 aliphatic rings. The molecule has 2 aromatic carbocycles. The quantitative estimate of drug-likeness (QED) is 0.872. The summed E-state index contributed by atoms with van der Waals surface area (Å²) in [7, 11) is 2.09. The van der Waals surface area contributed by atoms with E-state index in [0.717, 1.165) is 37.1 Å². The van der Waals surface area contributed by atoms with E-state index < -0.39 is 0 Å². The summed E-state index contributed by atoms with van der Waals surface area (Å²) in [5, 5.41) is 4.30. The smallest absolute Gasteiger partial charge is 0.251 e. The number of hydrogen-bond donors (Lipinski definition) is 1. The summed E-state index contributed by atoms with van der Waals surface area (Å²) in [6, 6.07) is 13.1. The van der Waals surface area contributed by atoms with Crippen molar-refractivity contribution in [3.05, 3.63) is 58.1 Å². The van der Waals surface area contributed by atoms with Gasteiger partial charge in [0.25, 0.3) is 5.91 Å². The van der Waals surface area contributed by atoms with Crippen molar-refractivity contribution in [1.82, 2.24) is 10.2 Å². The van der Waals surface area contributed by atoms with E-state index in [1.165, 1.54) is 0 Å². The van der Waals surface area contributed by atoms with Crippen molar-refractivity contribution >= 4 is 29.1 Å². The zero-order chi connectivity index (χ0) is 17.1. The molecule has 1 atom stereocenters. The van der Waals surface area contributed by atoms with Crippen molar-refractivity contribution in [2.24, 2.45) is 0 Å². The molecule has 3 rings (SSSR count). The Morgan fingerprint density at radius 3 is 2.58 bits per heavy atom. The molecule has 24 heavy (non-hydrogen) atoms. The number of carbonyl (C=O) groups is 1. The van der Waals surface area contributed by atoms with Gasteiger partial charge in [0.1, 0.15) is 0 Å². The number of hydrogen-bond acceptors (Lipinski definition) is 2. The summed E-state index contributed by atoms with van der Waals surface area (Å²) in [5.41, 5.74) is 2.48. The number of benzene rings is 2. The Balaban J connectivity index is 1.78. The molecule has 0 aliphatic carbocycles. The molecule has 1 fully saturated rings. The minimum Gasteiger partial charge on any atom is -0.348 e. The Hall–Kier alpha value is -1.55. The Bertz CT molecular complexity index is 728. The van der Waals surface area contributed by atoms with E-state index >= 15 is 0 Å². The SMILES string of the molecule is CN1CCC[C@@H](NC(=O)c2cccc(-c3cc(Cl)cc(Cl)c3)c2)C1. The minimum atomic E-state index is -0.0368. The van der Waals surface area contributed by atoms with Gasteiger partial charge in [-0.2, -0.15) is 0 Å². The lowest BCUT2D eigenvalue weighted by Crippen LogP contribution is -2.46. The number of piperidine rings is 1. The van der Waals surface area contributed by atoms with Crippen LogP contribution in [0.25, 0.3) is 11.1 Å². The van der Waals surface area contributed by atoms with Crippen LogP contribution in [0.4, 0.5) is 0 Å².